The minimum Gasteiger partial charge on any atom is -0.464 e. The van der Waals surface area contributed by atoms with Gasteiger partial charge in [0.1, 0.15) is 11.4 Å². The SMILES string of the molecule is CCOC(=O)C(CC)(NCCN=[N+]=[N-])c1cccc(F)c1. The molecular formula is C14H19FN4O2. The van der Waals surface area contributed by atoms with Gasteiger partial charge in [-0.3, -0.25) is 5.32 Å². The first-order valence-corrected chi connectivity index (χ1v) is 6.79. The standard InChI is InChI=1S/C14H19FN4O2/c1-3-14(13(20)21-4-2,17-8-9-18-19-16)11-6-5-7-12(15)10-11/h5-7,10,17H,3-4,8-9H2,1-2H3. The second kappa shape index (κ2) is 8.24. The van der Waals surface area contributed by atoms with Crippen molar-refractivity contribution in [3.05, 3.63) is 46.1 Å². The number of hydrogen-bond acceptors (Lipinski definition) is 4. The van der Waals surface area contributed by atoms with Crippen LogP contribution in [0.25, 0.3) is 10.4 Å². The lowest BCUT2D eigenvalue weighted by Gasteiger charge is -2.32. The van der Waals surface area contributed by atoms with Crippen molar-refractivity contribution in [2.45, 2.75) is 25.8 Å². The van der Waals surface area contributed by atoms with Gasteiger partial charge in [0.15, 0.2) is 0 Å². The molecule has 1 aromatic rings. The number of nitrogens with one attached hydrogen (secondary N) is 1. The Hall–Kier alpha value is -2.11. The Labute approximate surface area is 122 Å². The zero-order valence-corrected chi connectivity index (χ0v) is 12.2. The van der Waals surface area contributed by atoms with E-state index in [9.17, 15) is 9.18 Å². The van der Waals surface area contributed by atoms with Crippen molar-refractivity contribution in [2.24, 2.45) is 5.11 Å². The molecule has 0 fully saturated rings. The first-order valence-electron chi connectivity index (χ1n) is 6.79. The number of carbonyl (C=O) groups excluding carboxylic acids is 1. The van der Waals surface area contributed by atoms with Gasteiger partial charge < -0.3 is 4.74 Å². The fourth-order valence-corrected chi connectivity index (χ4v) is 2.14. The summed E-state index contributed by atoms with van der Waals surface area (Å²) in [7, 11) is 0. The van der Waals surface area contributed by atoms with Crippen molar-refractivity contribution < 1.29 is 13.9 Å². The molecule has 0 heterocycles. The van der Waals surface area contributed by atoms with Crippen LogP contribution in [0.15, 0.2) is 29.4 Å². The van der Waals surface area contributed by atoms with E-state index in [1.165, 1.54) is 12.1 Å². The lowest BCUT2D eigenvalue weighted by atomic mass is 9.87. The van der Waals surface area contributed by atoms with Crippen molar-refractivity contribution >= 4 is 5.97 Å². The van der Waals surface area contributed by atoms with Crippen molar-refractivity contribution in [3.8, 4) is 0 Å². The van der Waals surface area contributed by atoms with E-state index in [0.717, 1.165) is 0 Å². The van der Waals surface area contributed by atoms with Crippen LogP contribution in [0.3, 0.4) is 0 Å². The summed E-state index contributed by atoms with van der Waals surface area (Å²) in [5.41, 5.74) is 7.63. The molecule has 1 atom stereocenters. The summed E-state index contributed by atoms with van der Waals surface area (Å²) in [6.45, 7) is 4.22. The van der Waals surface area contributed by atoms with Gasteiger partial charge in [0.25, 0.3) is 0 Å². The van der Waals surface area contributed by atoms with E-state index in [0.29, 0.717) is 12.0 Å². The highest BCUT2D eigenvalue weighted by Crippen LogP contribution is 2.27. The fourth-order valence-electron chi connectivity index (χ4n) is 2.14. The summed E-state index contributed by atoms with van der Waals surface area (Å²) < 4.78 is 18.6. The van der Waals surface area contributed by atoms with Gasteiger partial charge in [-0.05, 0) is 36.6 Å². The van der Waals surface area contributed by atoms with Gasteiger partial charge in [-0.25, -0.2) is 9.18 Å². The van der Waals surface area contributed by atoms with Crippen LogP contribution in [0.5, 0.6) is 0 Å². The molecule has 21 heavy (non-hydrogen) atoms. The summed E-state index contributed by atoms with van der Waals surface area (Å²) >= 11 is 0. The van der Waals surface area contributed by atoms with Crippen LogP contribution in [0.1, 0.15) is 25.8 Å². The maximum atomic E-state index is 13.5. The largest absolute Gasteiger partial charge is 0.464 e. The zero-order chi connectivity index (χ0) is 15.7. The van der Waals surface area contributed by atoms with Gasteiger partial charge in [-0.1, -0.05) is 24.2 Å². The van der Waals surface area contributed by atoms with Crippen molar-refractivity contribution in [2.75, 3.05) is 19.7 Å². The highest BCUT2D eigenvalue weighted by molar-refractivity contribution is 5.82. The summed E-state index contributed by atoms with van der Waals surface area (Å²) in [5, 5.41) is 6.46. The second-order valence-corrected chi connectivity index (χ2v) is 4.37. The molecule has 0 aromatic heterocycles. The van der Waals surface area contributed by atoms with Crippen molar-refractivity contribution in [1.29, 1.82) is 0 Å². The van der Waals surface area contributed by atoms with E-state index in [2.05, 4.69) is 15.3 Å². The zero-order valence-electron chi connectivity index (χ0n) is 12.2. The molecule has 1 N–H and O–H groups in total. The van der Waals surface area contributed by atoms with Crippen LogP contribution in [0.2, 0.25) is 0 Å². The Kier molecular flexibility index (Phi) is 6.65. The van der Waals surface area contributed by atoms with Crippen molar-refractivity contribution in [1.82, 2.24) is 5.32 Å². The number of esters is 1. The Bertz CT molecular complexity index is 531. The Morgan fingerprint density at radius 1 is 1.52 bits per heavy atom. The molecule has 0 amide bonds. The quantitative estimate of drug-likeness (QED) is 0.263. The van der Waals surface area contributed by atoms with Gasteiger partial charge in [-0.15, -0.1) is 0 Å². The van der Waals surface area contributed by atoms with Crippen LogP contribution in [-0.4, -0.2) is 25.7 Å². The first-order chi connectivity index (χ1) is 10.1. The predicted octanol–water partition coefficient (Wildman–Crippen LogP) is 2.89. The number of halogens is 1. The average molecular weight is 294 g/mol. The predicted molar refractivity (Wildman–Crippen MR) is 77.0 cm³/mol. The van der Waals surface area contributed by atoms with Crippen LogP contribution in [0, 0.1) is 5.82 Å². The first kappa shape index (κ1) is 16.9. The van der Waals surface area contributed by atoms with E-state index in [1.807, 2.05) is 6.92 Å². The van der Waals surface area contributed by atoms with Crippen LogP contribution >= 0.6 is 0 Å². The van der Waals surface area contributed by atoms with Crippen LogP contribution in [0.4, 0.5) is 4.39 Å². The fraction of sp³-hybridized carbons (Fsp3) is 0.500. The molecule has 0 aliphatic heterocycles. The van der Waals surface area contributed by atoms with Gasteiger partial charge in [0.2, 0.25) is 0 Å². The van der Waals surface area contributed by atoms with Crippen molar-refractivity contribution in [3.63, 3.8) is 0 Å². The molecular weight excluding hydrogens is 275 g/mol. The molecule has 0 spiro atoms. The average Bonchev–Trinajstić information content (AvgIpc) is 2.48. The maximum absolute atomic E-state index is 13.5. The van der Waals surface area contributed by atoms with Gasteiger partial charge in [-0.2, -0.15) is 0 Å². The third-order valence-corrected chi connectivity index (χ3v) is 3.17. The number of benzene rings is 1. The molecule has 0 bridgehead atoms. The summed E-state index contributed by atoms with van der Waals surface area (Å²) in [4.78, 5) is 15.0. The topological polar surface area (TPSA) is 87.1 Å². The smallest absolute Gasteiger partial charge is 0.330 e. The van der Waals surface area contributed by atoms with Gasteiger partial charge in [0, 0.05) is 18.0 Å². The van der Waals surface area contributed by atoms with E-state index in [4.69, 9.17) is 10.3 Å². The lowest BCUT2D eigenvalue weighted by molar-refractivity contribution is -0.152. The Morgan fingerprint density at radius 2 is 2.29 bits per heavy atom. The van der Waals surface area contributed by atoms with Crippen LogP contribution < -0.4 is 5.32 Å². The second-order valence-electron chi connectivity index (χ2n) is 4.37. The van der Waals surface area contributed by atoms with E-state index in [1.54, 1.807) is 19.1 Å². The number of nitrogens with zero attached hydrogens (tertiary/aromatic N) is 3. The molecule has 1 rings (SSSR count). The highest BCUT2D eigenvalue weighted by Gasteiger charge is 2.39. The maximum Gasteiger partial charge on any atom is 0.330 e. The summed E-state index contributed by atoms with van der Waals surface area (Å²) in [6, 6.07) is 5.84. The molecule has 6 nitrogen and oxygen atoms in total. The Balaban J connectivity index is 3.12. The molecule has 0 saturated heterocycles. The monoisotopic (exact) mass is 294 g/mol. The number of ether oxygens (including phenoxy) is 1. The molecule has 0 saturated carbocycles. The summed E-state index contributed by atoms with van der Waals surface area (Å²) in [5.74, 6) is -0.898. The minimum absolute atomic E-state index is 0.187. The summed E-state index contributed by atoms with van der Waals surface area (Å²) in [6.07, 6.45) is 0.381. The molecule has 0 radical (unpaired) electrons. The molecule has 114 valence electrons. The molecule has 0 aliphatic rings. The molecule has 1 unspecified atom stereocenters. The highest BCUT2D eigenvalue weighted by atomic mass is 19.1. The Morgan fingerprint density at radius 3 is 2.86 bits per heavy atom. The van der Waals surface area contributed by atoms with E-state index >= 15 is 0 Å². The normalized spacial score (nSPS) is 13.1. The van der Waals surface area contributed by atoms with Gasteiger partial charge >= 0.3 is 5.97 Å². The molecule has 0 aliphatic carbocycles. The number of azide groups is 1. The number of carbonyl (C=O) groups is 1. The van der Waals surface area contributed by atoms with E-state index < -0.39 is 17.3 Å². The minimum atomic E-state index is -1.15. The molecule has 1 aromatic carbocycles. The lowest BCUT2D eigenvalue weighted by Crippen LogP contribution is -2.50. The third kappa shape index (κ3) is 4.18. The number of rotatable bonds is 8. The molecule has 7 heteroatoms. The third-order valence-electron chi connectivity index (χ3n) is 3.17. The number of hydrogen-bond donors (Lipinski definition) is 1. The van der Waals surface area contributed by atoms with E-state index in [-0.39, 0.29) is 19.7 Å². The van der Waals surface area contributed by atoms with Crippen LogP contribution in [-0.2, 0) is 15.1 Å². The van der Waals surface area contributed by atoms with Gasteiger partial charge in [0.05, 0.1) is 6.61 Å².